The molecule has 1 aromatic heterocycles. The predicted molar refractivity (Wildman–Crippen MR) is 83.9 cm³/mol. The Balaban J connectivity index is 2.33. The largest absolute Gasteiger partial charge is 0.343 e. The van der Waals surface area contributed by atoms with Crippen LogP contribution in [0.1, 0.15) is 26.0 Å². The highest BCUT2D eigenvalue weighted by Crippen LogP contribution is 2.19. The highest BCUT2D eigenvalue weighted by molar-refractivity contribution is 9.11. The van der Waals surface area contributed by atoms with Crippen molar-refractivity contribution in [3.8, 4) is 0 Å². The fraction of sp³-hybridized carbons (Fsp3) is 0.538. The normalized spacial score (nSPS) is 10.5. The van der Waals surface area contributed by atoms with E-state index in [0.717, 1.165) is 27.7 Å². The quantitative estimate of drug-likeness (QED) is 0.725. The van der Waals surface area contributed by atoms with Crippen LogP contribution in [0, 0.1) is 0 Å². The number of nitrogens with one attached hydrogen (secondary N) is 1. The molecule has 1 amide bonds. The lowest BCUT2D eigenvalue weighted by molar-refractivity contribution is -0.130. The maximum absolute atomic E-state index is 11.8. The van der Waals surface area contributed by atoms with Crippen molar-refractivity contribution in [2.45, 2.75) is 26.8 Å². The summed E-state index contributed by atoms with van der Waals surface area (Å²) in [5.74, 6) is 0.195. The Hall–Kier alpha value is -0.460. The summed E-state index contributed by atoms with van der Waals surface area (Å²) in [5.41, 5.74) is 0.943. The lowest BCUT2D eigenvalue weighted by atomic mass is 10.3. The van der Waals surface area contributed by atoms with Crippen molar-refractivity contribution < 1.29 is 4.79 Å². The van der Waals surface area contributed by atoms with Gasteiger partial charge in [-0.3, -0.25) is 9.78 Å². The number of nitrogens with zero attached hydrogens (tertiary/aromatic N) is 2. The van der Waals surface area contributed by atoms with E-state index in [4.69, 9.17) is 0 Å². The second-order valence-corrected chi connectivity index (χ2v) is 5.84. The number of carbonyl (C=O) groups is 1. The Kier molecular flexibility index (Phi) is 7.56. The molecular weight excluding hydrogens is 374 g/mol. The lowest BCUT2D eigenvalue weighted by Gasteiger charge is -2.18. The van der Waals surface area contributed by atoms with Crippen LogP contribution in [-0.2, 0) is 11.3 Å². The third kappa shape index (κ3) is 5.58. The van der Waals surface area contributed by atoms with E-state index >= 15 is 0 Å². The van der Waals surface area contributed by atoms with E-state index in [-0.39, 0.29) is 5.91 Å². The van der Waals surface area contributed by atoms with E-state index in [1.165, 1.54) is 0 Å². The second-order valence-electron chi connectivity index (χ2n) is 4.07. The van der Waals surface area contributed by atoms with Crippen LogP contribution in [0.5, 0.6) is 0 Å². The van der Waals surface area contributed by atoms with E-state index in [0.29, 0.717) is 19.5 Å². The maximum Gasteiger partial charge on any atom is 0.223 e. The van der Waals surface area contributed by atoms with E-state index in [2.05, 4.69) is 42.2 Å². The number of amides is 1. The van der Waals surface area contributed by atoms with Gasteiger partial charge in [0.25, 0.3) is 0 Å². The Labute approximate surface area is 131 Å². The topological polar surface area (TPSA) is 45.2 Å². The van der Waals surface area contributed by atoms with Crippen molar-refractivity contribution in [2.75, 3.05) is 19.6 Å². The standard InChI is InChI=1S/C13H19Br2N3O/c1-3-18(4-2)13(19)5-6-16-9-12-11(15)7-10(14)8-17-12/h7-8,16H,3-6,9H2,1-2H3. The van der Waals surface area contributed by atoms with Gasteiger partial charge in [-0.2, -0.15) is 0 Å². The van der Waals surface area contributed by atoms with Gasteiger partial charge < -0.3 is 10.2 Å². The van der Waals surface area contributed by atoms with Gasteiger partial charge >= 0.3 is 0 Å². The van der Waals surface area contributed by atoms with Gasteiger partial charge in [0.15, 0.2) is 0 Å². The first-order valence-electron chi connectivity index (χ1n) is 6.36. The molecule has 106 valence electrons. The minimum absolute atomic E-state index is 0.195. The minimum Gasteiger partial charge on any atom is -0.343 e. The number of rotatable bonds is 7. The molecule has 0 aromatic carbocycles. The summed E-state index contributed by atoms with van der Waals surface area (Å²) in [6.07, 6.45) is 2.29. The third-order valence-corrected chi connectivity index (χ3v) is 3.93. The zero-order valence-electron chi connectivity index (χ0n) is 11.2. The highest BCUT2D eigenvalue weighted by Gasteiger charge is 2.08. The van der Waals surface area contributed by atoms with Gasteiger partial charge in [-0.15, -0.1) is 0 Å². The molecule has 0 saturated carbocycles. The molecular formula is C13H19Br2N3O. The molecule has 0 radical (unpaired) electrons. The van der Waals surface area contributed by atoms with Crippen LogP contribution < -0.4 is 5.32 Å². The minimum atomic E-state index is 0.195. The lowest BCUT2D eigenvalue weighted by Crippen LogP contribution is -2.32. The second kappa shape index (κ2) is 8.66. The van der Waals surface area contributed by atoms with Crippen LogP contribution in [0.15, 0.2) is 21.2 Å². The maximum atomic E-state index is 11.8. The summed E-state index contributed by atoms with van der Waals surface area (Å²) < 4.78 is 1.91. The van der Waals surface area contributed by atoms with Crippen LogP contribution >= 0.6 is 31.9 Å². The summed E-state index contributed by atoms with van der Waals surface area (Å²) in [6, 6.07) is 1.96. The molecule has 6 heteroatoms. The first-order valence-corrected chi connectivity index (χ1v) is 7.95. The molecule has 0 aliphatic heterocycles. The van der Waals surface area contributed by atoms with Crippen LogP contribution in [0.4, 0.5) is 0 Å². The molecule has 0 spiro atoms. The van der Waals surface area contributed by atoms with Crippen molar-refractivity contribution >= 4 is 37.8 Å². The Morgan fingerprint density at radius 2 is 2.05 bits per heavy atom. The summed E-state index contributed by atoms with van der Waals surface area (Å²) in [6.45, 7) is 6.86. The van der Waals surface area contributed by atoms with Gasteiger partial charge in [0.1, 0.15) is 0 Å². The van der Waals surface area contributed by atoms with E-state index in [1.807, 2.05) is 24.8 Å². The number of hydrogen-bond acceptors (Lipinski definition) is 3. The molecule has 0 unspecified atom stereocenters. The average Bonchev–Trinajstić information content (AvgIpc) is 2.38. The van der Waals surface area contributed by atoms with E-state index < -0.39 is 0 Å². The molecule has 1 heterocycles. The Morgan fingerprint density at radius 3 is 2.63 bits per heavy atom. The van der Waals surface area contributed by atoms with Gasteiger partial charge in [0.05, 0.1) is 5.69 Å². The average molecular weight is 393 g/mol. The molecule has 0 aliphatic rings. The van der Waals surface area contributed by atoms with Crippen molar-refractivity contribution in [3.05, 3.63) is 26.9 Å². The van der Waals surface area contributed by atoms with Gasteiger partial charge in [0.2, 0.25) is 5.91 Å². The van der Waals surface area contributed by atoms with Crippen LogP contribution in [0.25, 0.3) is 0 Å². The monoisotopic (exact) mass is 391 g/mol. The van der Waals surface area contributed by atoms with E-state index in [1.54, 1.807) is 6.20 Å². The predicted octanol–water partition coefficient (Wildman–Crippen LogP) is 2.95. The molecule has 1 rings (SSSR count). The number of pyridine rings is 1. The number of carbonyl (C=O) groups excluding carboxylic acids is 1. The van der Waals surface area contributed by atoms with Crippen LogP contribution in [-0.4, -0.2) is 35.4 Å². The molecule has 1 N–H and O–H groups in total. The molecule has 0 fully saturated rings. The summed E-state index contributed by atoms with van der Waals surface area (Å²) in [4.78, 5) is 17.9. The van der Waals surface area contributed by atoms with Crippen molar-refractivity contribution in [1.29, 1.82) is 0 Å². The molecule has 0 bridgehead atoms. The molecule has 0 aliphatic carbocycles. The number of aromatic nitrogens is 1. The van der Waals surface area contributed by atoms with Crippen molar-refractivity contribution in [2.24, 2.45) is 0 Å². The highest BCUT2D eigenvalue weighted by atomic mass is 79.9. The van der Waals surface area contributed by atoms with Gasteiger partial charge in [0, 0.05) is 47.7 Å². The summed E-state index contributed by atoms with van der Waals surface area (Å²) >= 11 is 6.83. The molecule has 19 heavy (non-hydrogen) atoms. The van der Waals surface area contributed by atoms with E-state index in [9.17, 15) is 4.79 Å². The molecule has 0 atom stereocenters. The van der Waals surface area contributed by atoms with Crippen molar-refractivity contribution in [3.63, 3.8) is 0 Å². The zero-order valence-corrected chi connectivity index (χ0v) is 14.4. The SMILES string of the molecule is CCN(CC)C(=O)CCNCc1ncc(Br)cc1Br. The Morgan fingerprint density at radius 1 is 1.37 bits per heavy atom. The fourth-order valence-electron chi connectivity index (χ4n) is 1.71. The Bertz CT molecular complexity index is 422. The summed E-state index contributed by atoms with van der Waals surface area (Å²) in [5, 5.41) is 3.24. The molecule has 0 saturated heterocycles. The smallest absolute Gasteiger partial charge is 0.223 e. The summed E-state index contributed by atoms with van der Waals surface area (Å²) in [7, 11) is 0. The number of hydrogen-bond donors (Lipinski definition) is 1. The van der Waals surface area contributed by atoms with Gasteiger partial charge in [-0.1, -0.05) is 0 Å². The van der Waals surface area contributed by atoms with Gasteiger partial charge in [-0.25, -0.2) is 0 Å². The molecule has 4 nitrogen and oxygen atoms in total. The fourth-order valence-corrected chi connectivity index (χ4v) is 2.84. The number of halogens is 2. The van der Waals surface area contributed by atoms with Crippen LogP contribution in [0.3, 0.4) is 0 Å². The van der Waals surface area contributed by atoms with Crippen LogP contribution in [0.2, 0.25) is 0 Å². The van der Waals surface area contributed by atoms with Crippen molar-refractivity contribution in [1.82, 2.24) is 15.2 Å². The van der Waals surface area contributed by atoms with Gasteiger partial charge in [-0.05, 0) is 51.8 Å². The first kappa shape index (κ1) is 16.6. The first-order chi connectivity index (χ1) is 9.08. The third-order valence-electron chi connectivity index (χ3n) is 2.81. The zero-order chi connectivity index (χ0) is 14.3. The molecule has 1 aromatic rings.